The lowest BCUT2D eigenvalue weighted by molar-refractivity contribution is -0.136. The van der Waals surface area contributed by atoms with Crippen molar-refractivity contribution in [2.45, 2.75) is 13.0 Å². The average Bonchev–Trinajstić information content (AvgIpc) is 2.46. The van der Waals surface area contributed by atoms with E-state index in [4.69, 9.17) is 27.9 Å². The first-order valence-electron chi connectivity index (χ1n) is 6.15. The van der Waals surface area contributed by atoms with E-state index in [1.807, 2.05) is 0 Å². The molecule has 7 heteroatoms. The Hall–Kier alpha value is -1.72. The van der Waals surface area contributed by atoms with E-state index in [0.717, 1.165) is 0 Å². The molecular weight excluding hydrogens is 315 g/mol. The van der Waals surface area contributed by atoms with Gasteiger partial charge in [-0.3, -0.25) is 0 Å². The zero-order chi connectivity index (χ0) is 15.7. The second-order valence-electron chi connectivity index (χ2n) is 4.58. The Labute approximate surface area is 132 Å². The molecule has 0 spiro atoms. The van der Waals surface area contributed by atoms with E-state index >= 15 is 0 Å². The van der Waals surface area contributed by atoms with Crippen LogP contribution in [0.3, 0.4) is 0 Å². The van der Waals surface area contributed by atoms with Crippen molar-refractivity contribution in [2.24, 2.45) is 0 Å². The van der Waals surface area contributed by atoms with Gasteiger partial charge in [0, 0.05) is 12.7 Å². The number of esters is 1. The maximum atomic E-state index is 12.1. The first-order valence-corrected chi connectivity index (χ1v) is 6.91. The highest BCUT2D eigenvalue weighted by Gasteiger charge is 2.35. The van der Waals surface area contributed by atoms with Crippen molar-refractivity contribution >= 4 is 35.2 Å². The molecule has 1 aliphatic heterocycles. The molecule has 1 aromatic rings. The van der Waals surface area contributed by atoms with E-state index in [2.05, 4.69) is 5.32 Å². The number of halogens is 2. The number of rotatable bonds is 2. The smallest absolute Gasteiger partial charge is 0.337 e. The highest BCUT2D eigenvalue weighted by atomic mass is 35.5. The summed E-state index contributed by atoms with van der Waals surface area (Å²) in [6.45, 7) is 1.68. The number of ether oxygens (including phenoxy) is 1. The Morgan fingerprint density at radius 3 is 2.67 bits per heavy atom. The second-order valence-corrected chi connectivity index (χ2v) is 5.36. The van der Waals surface area contributed by atoms with E-state index in [1.165, 1.54) is 12.0 Å². The van der Waals surface area contributed by atoms with Crippen molar-refractivity contribution in [1.82, 2.24) is 10.2 Å². The Morgan fingerprint density at radius 1 is 1.38 bits per heavy atom. The molecule has 1 aromatic carbocycles. The topological polar surface area (TPSA) is 58.6 Å². The largest absolute Gasteiger partial charge is 0.466 e. The van der Waals surface area contributed by atoms with Crippen LogP contribution in [0.5, 0.6) is 0 Å². The molecule has 0 aliphatic carbocycles. The number of hydrogen-bond donors (Lipinski definition) is 1. The maximum Gasteiger partial charge on any atom is 0.337 e. The van der Waals surface area contributed by atoms with Gasteiger partial charge in [0.15, 0.2) is 0 Å². The molecule has 1 aliphatic rings. The van der Waals surface area contributed by atoms with Crippen molar-refractivity contribution in [3.05, 3.63) is 45.1 Å². The highest BCUT2D eigenvalue weighted by Crippen LogP contribution is 2.36. The van der Waals surface area contributed by atoms with Gasteiger partial charge in [-0.1, -0.05) is 35.3 Å². The van der Waals surface area contributed by atoms with Gasteiger partial charge in [0.05, 0.1) is 28.8 Å². The van der Waals surface area contributed by atoms with Crippen molar-refractivity contribution in [1.29, 1.82) is 0 Å². The quantitative estimate of drug-likeness (QED) is 0.848. The number of allylic oxidation sites excluding steroid dienone is 1. The zero-order valence-corrected chi connectivity index (χ0v) is 13.2. The minimum atomic E-state index is -0.702. The number of methoxy groups -OCH3 is 1. The van der Waals surface area contributed by atoms with Crippen LogP contribution in [0.25, 0.3) is 0 Å². The molecule has 5 nitrogen and oxygen atoms in total. The number of amides is 2. The van der Waals surface area contributed by atoms with Crippen molar-refractivity contribution < 1.29 is 14.3 Å². The SMILES string of the molecule is COC(=O)C1=C(C)N(C)C(=O)N[C@@H]1c1cccc(Cl)c1Cl. The van der Waals surface area contributed by atoms with Crippen molar-refractivity contribution in [3.63, 3.8) is 0 Å². The summed E-state index contributed by atoms with van der Waals surface area (Å²) in [5.41, 5.74) is 1.38. The van der Waals surface area contributed by atoms with Crippen LogP contribution in [0.2, 0.25) is 10.0 Å². The van der Waals surface area contributed by atoms with Gasteiger partial charge in [-0.05, 0) is 18.6 Å². The summed E-state index contributed by atoms with van der Waals surface area (Å²) in [6, 6.07) is 4.02. The van der Waals surface area contributed by atoms with Crippen LogP contribution in [-0.2, 0) is 9.53 Å². The Morgan fingerprint density at radius 2 is 2.05 bits per heavy atom. The molecule has 0 fully saturated rings. The van der Waals surface area contributed by atoms with Crippen LogP contribution >= 0.6 is 23.2 Å². The summed E-state index contributed by atoms with van der Waals surface area (Å²) < 4.78 is 4.81. The van der Waals surface area contributed by atoms with Crippen LogP contribution in [0.4, 0.5) is 4.79 Å². The first-order chi connectivity index (χ1) is 9.88. The number of benzene rings is 1. The Bertz CT molecular complexity index is 643. The minimum absolute atomic E-state index is 0.295. The number of nitrogens with zero attached hydrogens (tertiary/aromatic N) is 1. The summed E-state index contributed by atoms with van der Waals surface area (Å²) in [4.78, 5) is 25.4. The number of hydrogen-bond acceptors (Lipinski definition) is 3. The molecule has 1 N–H and O–H groups in total. The molecular formula is C14H14Cl2N2O3. The molecule has 112 valence electrons. The summed E-state index contributed by atoms with van der Waals surface area (Å²) in [7, 11) is 2.86. The summed E-state index contributed by atoms with van der Waals surface area (Å²) in [5.74, 6) is -0.527. The normalized spacial score (nSPS) is 18.6. The third kappa shape index (κ3) is 2.71. The molecule has 0 saturated carbocycles. The summed E-state index contributed by atoms with van der Waals surface area (Å²) >= 11 is 12.2. The fourth-order valence-electron chi connectivity index (χ4n) is 2.19. The summed E-state index contributed by atoms with van der Waals surface area (Å²) in [5, 5.41) is 3.38. The highest BCUT2D eigenvalue weighted by molar-refractivity contribution is 6.42. The number of nitrogens with one attached hydrogen (secondary N) is 1. The molecule has 0 unspecified atom stereocenters. The second kappa shape index (κ2) is 5.95. The van der Waals surface area contributed by atoms with Crippen LogP contribution in [0.1, 0.15) is 18.5 Å². The van der Waals surface area contributed by atoms with Crippen molar-refractivity contribution in [3.8, 4) is 0 Å². The molecule has 1 atom stereocenters. The van der Waals surface area contributed by atoms with E-state index in [9.17, 15) is 9.59 Å². The Kier molecular flexibility index (Phi) is 4.44. The molecule has 2 amide bonds. The molecule has 0 radical (unpaired) electrons. The third-order valence-electron chi connectivity index (χ3n) is 3.45. The first kappa shape index (κ1) is 15.7. The summed E-state index contributed by atoms with van der Waals surface area (Å²) in [6.07, 6.45) is 0. The van der Waals surface area contributed by atoms with Gasteiger partial charge in [-0.2, -0.15) is 0 Å². The predicted octanol–water partition coefficient (Wildman–Crippen LogP) is 3.14. The molecule has 0 aromatic heterocycles. The lowest BCUT2D eigenvalue weighted by atomic mass is 9.95. The molecule has 21 heavy (non-hydrogen) atoms. The molecule has 2 rings (SSSR count). The van der Waals surface area contributed by atoms with Gasteiger partial charge in [0.1, 0.15) is 0 Å². The predicted molar refractivity (Wildman–Crippen MR) is 80.2 cm³/mol. The standard InChI is InChI=1S/C14H14Cl2N2O3/c1-7-10(13(19)21-3)12(17-14(20)18(7)2)8-5-4-6-9(15)11(8)16/h4-6,12H,1-3H3,(H,17,20)/t12-/m1/s1. The zero-order valence-electron chi connectivity index (χ0n) is 11.7. The lowest BCUT2D eigenvalue weighted by Crippen LogP contribution is -2.46. The number of urea groups is 1. The third-order valence-corrected chi connectivity index (χ3v) is 4.29. The van der Waals surface area contributed by atoms with Crippen molar-refractivity contribution in [2.75, 3.05) is 14.2 Å². The molecule has 0 saturated heterocycles. The van der Waals surface area contributed by atoms with Gasteiger partial charge in [-0.25, -0.2) is 9.59 Å². The van der Waals surface area contributed by atoms with Crippen LogP contribution in [-0.4, -0.2) is 31.1 Å². The fourth-order valence-corrected chi connectivity index (χ4v) is 2.60. The van der Waals surface area contributed by atoms with Gasteiger partial charge in [0.2, 0.25) is 0 Å². The van der Waals surface area contributed by atoms with Crippen LogP contribution < -0.4 is 5.32 Å². The van der Waals surface area contributed by atoms with Gasteiger partial charge in [-0.15, -0.1) is 0 Å². The van der Waals surface area contributed by atoms with E-state index in [-0.39, 0.29) is 6.03 Å². The Balaban J connectivity index is 2.62. The van der Waals surface area contributed by atoms with E-state index in [1.54, 1.807) is 32.2 Å². The lowest BCUT2D eigenvalue weighted by Gasteiger charge is -2.33. The molecule has 0 bridgehead atoms. The number of carbonyl (C=O) groups excluding carboxylic acids is 2. The van der Waals surface area contributed by atoms with Crippen LogP contribution in [0, 0.1) is 0 Å². The van der Waals surface area contributed by atoms with Gasteiger partial charge < -0.3 is 15.0 Å². The molecule has 1 heterocycles. The minimum Gasteiger partial charge on any atom is -0.466 e. The van der Waals surface area contributed by atoms with Gasteiger partial charge >= 0.3 is 12.0 Å². The van der Waals surface area contributed by atoms with E-state index in [0.29, 0.717) is 26.9 Å². The fraction of sp³-hybridized carbons (Fsp3) is 0.286. The maximum absolute atomic E-state index is 12.1. The average molecular weight is 329 g/mol. The van der Waals surface area contributed by atoms with Crippen LogP contribution in [0.15, 0.2) is 29.5 Å². The van der Waals surface area contributed by atoms with E-state index < -0.39 is 12.0 Å². The number of carbonyl (C=O) groups is 2. The van der Waals surface area contributed by atoms with Gasteiger partial charge in [0.25, 0.3) is 0 Å². The monoisotopic (exact) mass is 328 g/mol.